The van der Waals surface area contributed by atoms with Crippen LogP contribution in [0.25, 0.3) is 0 Å². The van der Waals surface area contributed by atoms with Crippen LogP contribution in [0.15, 0.2) is 35.0 Å². The maximum Gasteiger partial charge on any atom is 0.282 e. The van der Waals surface area contributed by atoms with Gasteiger partial charge in [-0.15, -0.1) is 0 Å². The van der Waals surface area contributed by atoms with Crippen LogP contribution >= 0.6 is 11.3 Å². The lowest BCUT2D eigenvalue weighted by atomic mass is 10.1. The van der Waals surface area contributed by atoms with Crippen molar-refractivity contribution in [1.82, 2.24) is 9.80 Å². The number of benzene rings is 1. The Morgan fingerprint density at radius 2 is 2.04 bits per heavy atom. The molecule has 3 rings (SSSR count). The minimum absolute atomic E-state index is 0.0486. The molecule has 0 aliphatic carbocycles. The van der Waals surface area contributed by atoms with E-state index in [-0.39, 0.29) is 11.1 Å². The normalized spacial score (nSPS) is 13.1. The predicted molar refractivity (Wildman–Crippen MR) is 89.3 cm³/mol. The molecule has 9 heteroatoms. The van der Waals surface area contributed by atoms with Crippen LogP contribution in [-0.4, -0.2) is 46.0 Å². The van der Waals surface area contributed by atoms with E-state index in [0.29, 0.717) is 6.54 Å². The minimum atomic E-state index is -0.815. The molecule has 2 aromatic rings. The van der Waals surface area contributed by atoms with Gasteiger partial charge in [0.2, 0.25) is 5.91 Å². The van der Waals surface area contributed by atoms with Crippen molar-refractivity contribution in [2.45, 2.75) is 6.54 Å². The number of thiophene rings is 1. The third-order valence-electron chi connectivity index (χ3n) is 3.89. The minimum Gasteiger partial charge on any atom is -0.340 e. The molecule has 1 aromatic heterocycles. The van der Waals surface area contributed by atoms with Gasteiger partial charge in [-0.05, 0) is 28.5 Å². The Morgan fingerprint density at radius 1 is 1.28 bits per heavy atom. The number of imide groups is 1. The second-order valence-electron chi connectivity index (χ2n) is 5.53. The monoisotopic (exact) mass is 359 g/mol. The molecule has 0 N–H and O–H groups in total. The van der Waals surface area contributed by atoms with Crippen LogP contribution in [-0.2, 0) is 11.3 Å². The zero-order valence-electron chi connectivity index (χ0n) is 13.2. The van der Waals surface area contributed by atoms with Crippen molar-refractivity contribution in [2.75, 3.05) is 13.6 Å². The van der Waals surface area contributed by atoms with E-state index >= 15 is 0 Å². The summed E-state index contributed by atoms with van der Waals surface area (Å²) >= 11 is 1.50. The van der Waals surface area contributed by atoms with Crippen LogP contribution in [0.5, 0.6) is 0 Å². The number of rotatable bonds is 5. The highest BCUT2D eigenvalue weighted by Gasteiger charge is 2.41. The fourth-order valence-corrected chi connectivity index (χ4v) is 3.27. The van der Waals surface area contributed by atoms with Crippen molar-refractivity contribution in [3.05, 3.63) is 61.8 Å². The number of amides is 3. The number of carbonyl (C=O) groups excluding carboxylic acids is 3. The molecule has 0 saturated heterocycles. The van der Waals surface area contributed by atoms with Crippen LogP contribution in [0.3, 0.4) is 0 Å². The molecule has 2 heterocycles. The van der Waals surface area contributed by atoms with Crippen LogP contribution in [0.2, 0.25) is 0 Å². The SMILES string of the molecule is CN(Cc1ccsc1)C(=O)CN1C(=O)c2cccc([N+](=O)[O-])c2C1=O. The van der Waals surface area contributed by atoms with E-state index in [1.165, 1.54) is 28.4 Å². The van der Waals surface area contributed by atoms with Crippen LogP contribution in [0.4, 0.5) is 5.69 Å². The Morgan fingerprint density at radius 3 is 2.68 bits per heavy atom. The smallest absolute Gasteiger partial charge is 0.282 e. The zero-order valence-corrected chi connectivity index (χ0v) is 14.0. The van der Waals surface area contributed by atoms with Crippen LogP contribution in [0, 0.1) is 10.1 Å². The fraction of sp³-hybridized carbons (Fsp3) is 0.188. The van der Waals surface area contributed by atoms with Gasteiger partial charge in [-0.25, -0.2) is 0 Å². The summed E-state index contributed by atoms with van der Waals surface area (Å²) in [6.45, 7) is -0.101. The molecule has 25 heavy (non-hydrogen) atoms. The van der Waals surface area contributed by atoms with Crippen LogP contribution < -0.4 is 0 Å². The Kier molecular flexibility index (Phi) is 4.32. The second-order valence-corrected chi connectivity index (χ2v) is 6.31. The summed E-state index contributed by atoms with van der Waals surface area (Å²) in [6, 6.07) is 5.73. The zero-order chi connectivity index (χ0) is 18.1. The van der Waals surface area contributed by atoms with E-state index in [2.05, 4.69) is 0 Å². The van der Waals surface area contributed by atoms with Gasteiger partial charge >= 0.3 is 0 Å². The summed E-state index contributed by atoms with van der Waals surface area (Å²) in [5.74, 6) is -1.94. The van der Waals surface area contributed by atoms with Crippen molar-refractivity contribution >= 4 is 34.7 Å². The maximum atomic E-state index is 12.4. The lowest BCUT2D eigenvalue weighted by Gasteiger charge is -2.20. The summed E-state index contributed by atoms with van der Waals surface area (Å²) in [5.41, 5.74) is 0.203. The molecule has 0 atom stereocenters. The number of likely N-dealkylation sites (N-methyl/N-ethyl adjacent to an activating group) is 1. The Hall–Kier alpha value is -3.07. The number of nitro benzene ring substituents is 1. The highest BCUT2D eigenvalue weighted by Crippen LogP contribution is 2.30. The van der Waals surface area contributed by atoms with Gasteiger partial charge in [-0.1, -0.05) is 6.07 Å². The summed E-state index contributed by atoms with van der Waals surface area (Å²) in [7, 11) is 1.57. The predicted octanol–water partition coefficient (Wildman–Crippen LogP) is 1.91. The van der Waals surface area contributed by atoms with Gasteiger partial charge in [-0.3, -0.25) is 29.4 Å². The second kappa shape index (κ2) is 6.44. The molecule has 1 aromatic carbocycles. The highest BCUT2D eigenvalue weighted by atomic mass is 32.1. The molecule has 0 fully saturated rings. The maximum absolute atomic E-state index is 12.4. The first-order valence-corrected chi connectivity index (χ1v) is 8.23. The molecule has 0 saturated carbocycles. The summed E-state index contributed by atoms with van der Waals surface area (Å²) in [4.78, 5) is 49.7. The molecule has 128 valence electrons. The number of hydrogen-bond donors (Lipinski definition) is 0. The topological polar surface area (TPSA) is 101 Å². The number of hydrogen-bond acceptors (Lipinski definition) is 6. The molecule has 3 amide bonds. The van der Waals surface area contributed by atoms with Crippen molar-refractivity contribution in [1.29, 1.82) is 0 Å². The number of nitro groups is 1. The van der Waals surface area contributed by atoms with Gasteiger partial charge < -0.3 is 4.90 Å². The van der Waals surface area contributed by atoms with Gasteiger partial charge in [-0.2, -0.15) is 11.3 Å². The van der Waals surface area contributed by atoms with Gasteiger partial charge in [0, 0.05) is 19.7 Å². The van der Waals surface area contributed by atoms with E-state index in [9.17, 15) is 24.5 Å². The molecule has 0 bridgehead atoms. The molecule has 0 spiro atoms. The van der Waals surface area contributed by atoms with Crippen molar-refractivity contribution in [2.24, 2.45) is 0 Å². The Balaban J connectivity index is 1.79. The first kappa shape index (κ1) is 16.8. The molecular weight excluding hydrogens is 346 g/mol. The molecule has 0 unspecified atom stereocenters. The van der Waals surface area contributed by atoms with E-state index < -0.39 is 34.9 Å². The quantitative estimate of drug-likeness (QED) is 0.461. The van der Waals surface area contributed by atoms with Gasteiger partial charge in [0.05, 0.1) is 10.5 Å². The number of fused-ring (bicyclic) bond motifs is 1. The first-order chi connectivity index (χ1) is 11.9. The van der Waals surface area contributed by atoms with Crippen molar-refractivity contribution in [3.63, 3.8) is 0 Å². The van der Waals surface area contributed by atoms with E-state index in [1.807, 2.05) is 16.8 Å². The lowest BCUT2D eigenvalue weighted by molar-refractivity contribution is -0.385. The summed E-state index contributed by atoms with van der Waals surface area (Å²) in [5, 5.41) is 14.9. The third-order valence-corrected chi connectivity index (χ3v) is 4.62. The lowest BCUT2D eigenvalue weighted by Crippen LogP contribution is -2.40. The van der Waals surface area contributed by atoms with Gasteiger partial charge in [0.15, 0.2) is 0 Å². The average Bonchev–Trinajstić information content (AvgIpc) is 3.17. The van der Waals surface area contributed by atoms with Crippen molar-refractivity contribution < 1.29 is 19.3 Å². The Bertz CT molecular complexity index is 878. The molecule has 0 radical (unpaired) electrons. The highest BCUT2D eigenvalue weighted by molar-refractivity contribution is 7.07. The Labute approximate surface area is 146 Å². The first-order valence-electron chi connectivity index (χ1n) is 7.28. The van der Waals surface area contributed by atoms with E-state index in [1.54, 1.807) is 7.05 Å². The van der Waals surface area contributed by atoms with Crippen molar-refractivity contribution in [3.8, 4) is 0 Å². The van der Waals surface area contributed by atoms with Gasteiger partial charge in [0.25, 0.3) is 17.5 Å². The molecule has 8 nitrogen and oxygen atoms in total. The average molecular weight is 359 g/mol. The molecule has 1 aliphatic rings. The summed E-state index contributed by atoms with van der Waals surface area (Å²) in [6.07, 6.45) is 0. The van der Waals surface area contributed by atoms with Gasteiger partial charge in [0.1, 0.15) is 12.1 Å². The largest absolute Gasteiger partial charge is 0.340 e. The fourth-order valence-electron chi connectivity index (χ4n) is 2.61. The number of carbonyl (C=O) groups is 3. The molecular formula is C16H13N3O5S. The number of nitrogens with zero attached hydrogens (tertiary/aromatic N) is 3. The third kappa shape index (κ3) is 3.01. The summed E-state index contributed by atoms with van der Waals surface area (Å²) < 4.78 is 0. The van der Waals surface area contributed by atoms with E-state index in [0.717, 1.165) is 16.5 Å². The van der Waals surface area contributed by atoms with E-state index in [4.69, 9.17) is 0 Å². The molecule has 1 aliphatic heterocycles. The van der Waals surface area contributed by atoms with Crippen LogP contribution in [0.1, 0.15) is 26.3 Å². The standard InChI is InChI=1S/C16H13N3O5S/c1-17(7-10-5-6-25-9-10)13(20)8-18-15(21)11-3-2-4-12(19(23)24)14(11)16(18)22/h2-6,9H,7-8H2,1H3.